The van der Waals surface area contributed by atoms with Crippen molar-refractivity contribution in [2.45, 2.75) is 18.4 Å². The number of hydrogen-bond donors (Lipinski definition) is 0. The molecule has 1 aromatic heterocycles. The zero-order chi connectivity index (χ0) is 20.2. The summed E-state index contributed by atoms with van der Waals surface area (Å²) in [6.07, 6.45) is 0. The predicted molar refractivity (Wildman–Crippen MR) is 107 cm³/mol. The number of methoxy groups -OCH3 is 2. The van der Waals surface area contributed by atoms with Gasteiger partial charge in [-0.1, -0.05) is 0 Å². The molecule has 0 aliphatic heterocycles. The van der Waals surface area contributed by atoms with Gasteiger partial charge in [0.25, 0.3) is 0 Å². The normalized spacial score (nSPS) is 12.0. The molecule has 0 fully saturated rings. The van der Waals surface area contributed by atoms with Crippen molar-refractivity contribution >= 4 is 26.0 Å². The van der Waals surface area contributed by atoms with Crippen LogP contribution in [0.5, 0.6) is 11.5 Å². The summed E-state index contributed by atoms with van der Waals surface area (Å²) < 4.78 is 44.7. The fraction of sp³-hybridized carbons (Fsp3) is 0.444. The van der Waals surface area contributed by atoms with Gasteiger partial charge in [-0.2, -0.15) is 4.31 Å². The molecule has 0 aliphatic carbocycles. The molecule has 0 radical (unpaired) electrons. The molecule has 0 saturated carbocycles. The third-order valence-corrected chi connectivity index (χ3v) is 6.78. The summed E-state index contributed by atoms with van der Waals surface area (Å²) in [7, 11) is 2.96. The summed E-state index contributed by atoms with van der Waals surface area (Å²) in [6.45, 7) is 2.86. The molecule has 0 aliphatic rings. The Hall–Kier alpha value is -1.55. The maximum absolute atomic E-state index is 13.4. The van der Waals surface area contributed by atoms with Crippen LogP contribution in [0.3, 0.4) is 0 Å². The molecule has 2 aromatic rings. The molecule has 27 heavy (non-hydrogen) atoms. The van der Waals surface area contributed by atoms with Gasteiger partial charge >= 0.3 is 0 Å². The number of rotatable bonds is 9. The second-order valence-electron chi connectivity index (χ2n) is 6.29. The molecule has 0 N–H and O–H groups in total. The molecular weight excluding hydrogens is 436 g/mol. The number of ether oxygens (including phenoxy) is 2. The lowest BCUT2D eigenvalue weighted by Crippen LogP contribution is -2.36. The molecule has 1 heterocycles. The van der Waals surface area contributed by atoms with Crippen LogP contribution in [0.25, 0.3) is 0 Å². The SMILES string of the molecule is COc1cc(Br)c(S(=O)(=O)N(CCN(C)C)Cc2ccc(C)o2)cc1OC. The lowest BCUT2D eigenvalue weighted by atomic mass is 10.3. The minimum absolute atomic E-state index is 0.113. The number of halogens is 1. The van der Waals surface area contributed by atoms with Gasteiger partial charge in [0.1, 0.15) is 16.4 Å². The Morgan fingerprint density at radius 2 is 1.70 bits per heavy atom. The van der Waals surface area contributed by atoms with Crippen LogP contribution in [-0.2, 0) is 16.6 Å². The highest BCUT2D eigenvalue weighted by Gasteiger charge is 2.29. The fourth-order valence-electron chi connectivity index (χ4n) is 2.51. The summed E-state index contributed by atoms with van der Waals surface area (Å²) >= 11 is 3.35. The van der Waals surface area contributed by atoms with Crippen molar-refractivity contribution in [3.8, 4) is 11.5 Å². The third-order valence-electron chi connectivity index (χ3n) is 3.98. The Labute approximate surface area is 169 Å². The van der Waals surface area contributed by atoms with E-state index in [1.54, 1.807) is 12.1 Å². The van der Waals surface area contributed by atoms with E-state index in [9.17, 15) is 8.42 Å². The topological polar surface area (TPSA) is 72.2 Å². The van der Waals surface area contributed by atoms with Gasteiger partial charge in [0.2, 0.25) is 10.0 Å². The van der Waals surface area contributed by atoms with E-state index in [0.717, 1.165) is 5.76 Å². The molecule has 0 amide bonds. The Bertz CT molecular complexity index is 880. The van der Waals surface area contributed by atoms with Crippen molar-refractivity contribution in [3.63, 3.8) is 0 Å². The van der Waals surface area contributed by atoms with Crippen LogP contribution in [-0.4, -0.2) is 59.0 Å². The first-order valence-corrected chi connectivity index (χ1v) is 10.5. The second kappa shape index (κ2) is 9.09. The summed E-state index contributed by atoms with van der Waals surface area (Å²) in [4.78, 5) is 2.04. The van der Waals surface area contributed by atoms with E-state index >= 15 is 0 Å². The number of hydrogen-bond acceptors (Lipinski definition) is 6. The number of nitrogens with zero attached hydrogens (tertiary/aromatic N) is 2. The minimum Gasteiger partial charge on any atom is -0.493 e. The summed E-state index contributed by atoms with van der Waals surface area (Å²) in [5, 5.41) is 0. The molecular formula is C18H25BrN2O5S. The molecule has 2 rings (SSSR count). The third kappa shape index (κ3) is 5.25. The molecule has 150 valence electrons. The molecule has 0 spiro atoms. The molecule has 0 saturated heterocycles. The first-order chi connectivity index (χ1) is 12.7. The number of likely N-dealkylation sites (N-methyl/N-ethyl adjacent to an activating group) is 1. The Balaban J connectivity index is 2.45. The number of benzene rings is 1. The number of sulfonamides is 1. The Kier molecular flexibility index (Phi) is 7.32. The van der Waals surface area contributed by atoms with E-state index in [-0.39, 0.29) is 11.4 Å². The quantitative estimate of drug-likeness (QED) is 0.572. The molecule has 9 heteroatoms. The Morgan fingerprint density at radius 1 is 1.07 bits per heavy atom. The van der Waals surface area contributed by atoms with Crippen LogP contribution in [0.4, 0.5) is 0 Å². The van der Waals surface area contributed by atoms with Crippen LogP contribution >= 0.6 is 15.9 Å². The largest absolute Gasteiger partial charge is 0.493 e. The highest BCUT2D eigenvalue weighted by Crippen LogP contribution is 2.37. The average molecular weight is 461 g/mol. The average Bonchev–Trinajstić information content (AvgIpc) is 3.02. The first kappa shape index (κ1) is 21.7. The maximum Gasteiger partial charge on any atom is 0.244 e. The van der Waals surface area contributed by atoms with Crippen molar-refractivity contribution < 1.29 is 22.3 Å². The molecule has 1 aromatic carbocycles. The smallest absolute Gasteiger partial charge is 0.244 e. The Morgan fingerprint density at radius 3 is 2.22 bits per heavy atom. The highest BCUT2D eigenvalue weighted by atomic mass is 79.9. The summed E-state index contributed by atoms with van der Waals surface area (Å²) in [6, 6.07) is 6.66. The van der Waals surface area contributed by atoms with Crippen molar-refractivity contribution in [1.82, 2.24) is 9.21 Å². The number of furan rings is 1. The van der Waals surface area contributed by atoms with Gasteiger partial charge in [-0.05, 0) is 55.1 Å². The van der Waals surface area contributed by atoms with E-state index < -0.39 is 10.0 Å². The molecule has 0 bridgehead atoms. The fourth-order valence-corrected chi connectivity index (χ4v) is 4.91. The lowest BCUT2D eigenvalue weighted by Gasteiger charge is -2.24. The van der Waals surface area contributed by atoms with E-state index in [1.807, 2.05) is 32.0 Å². The van der Waals surface area contributed by atoms with Crippen LogP contribution in [0.2, 0.25) is 0 Å². The van der Waals surface area contributed by atoms with Crippen LogP contribution < -0.4 is 9.47 Å². The second-order valence-corrected chi connectivity index (χ2v) is 9.05. The van der Waals surface area contributed by atoms with Crippen LogP contribution in [0, 0.1) is 6.92 Å². The van der Waals surface area contributed by atoms with Gasteiger partial charge in [0.05, 0.1) is 20.8 Å². The van der Waals surface area contributed by atoms with Crippen molar-refractivity contribution in [2.24, 2.45) is 0 Å². The van der Waals surface area contributed by atoms with Gasteiger partial charge in [-0.25, -0.2) is 8.42 Å². The van der Waals surface area contributed by atoms with Gasteiger partial charge in [-0.3, -0.25) is 0 Å². The molecule has 7 nitrogen and oxygen atoms in total. The standard InChI is InChI=1S/C18H25BrN2O5S/c1-13-6-7-14(26-13)12-21(9-8-20(2)3)27(22,23)18-11-17(25-5)16(24-4)10-15(18)19/h6-7,10-11H,8-9,12H2,1-5H3. The van der Waals surface area contributed by atoms with E-state index in [1.165, 1.54) is 24.6 Å². The zero-order valence-electron chi connectivity index (χ0n) is 16.2. The highest BCUT2D eigenvalue weighted by molar-refractivity contribution is 9.10. The summed E-state index contributed by atoms with van der Waals surface area (Å²) in [5.74, 6) is 2.12. The number of aryl methyl sites for hydroxylation is 1. The first-order valence-electron chi connectivity index (χ1n) is 8.30. The van der Waals surface area contributed by atoms with Gasteiger partial charge < -0.3 is 18.8 Å². The summed E-state index contributed by atoms with van der Waals surface area (Å²) in [5.41, 5.74) is 0. The monoisotopic (exact) mass is 460 g/mol. The van der Waals surface area contributed by atoms with E-state index in [4.69, 9.17) is 13.9 Å². The van der Waals surface area contributed by atoms with E-state index in [2.05, 4.69) is 15.9 Å². The molecule has 0 unspecified atom stereocenters. The van der Waals surface area contributed by atoms with Crippen LogP contribution in [0.15, 0.2) is 38.1 Å². The van der Waals surface area contributed by atoms with Gasteiger partial charge in [-0.15, -0.1) is 0 Å². The van der Waals surface area contributed by atoms with Gasteiger partial charge in [0.15, 0.2) is 11.5 Å². The van der Waals surface area contributed by atoms with Crippen molar-refractivity contribution in [2.75, 3.05) is 41.4 Å². The maximum atomic E-state index is 13.4. The van der Waals surface area contributed by atoms with E-state index in [0.29, 0.717) is 34.8 Å². The molecule has 0 atom stereocenters. The predicted octanol–water partition coefficient (Wildman–Crippen LogP) is 3.12. The van der Waals surface area contributed by atoms with Crippen molar-refractivity contribution in [1.29, 1.82) is 0 Å². The lowest BCUT2D eigenvalue weighted by molar-refractivity contribution is 0.309. The van der Waals surface area contributed by atoms with Gasteiger partial charge in [0, 0.05) is 23.6 Å². The van der Waals surface area contributed by atoms with Crippen LogP contribution in [0.1, 0.15) is 11.5 Å². The van der Waals surface area contributed by atoms with Crippen molar-refractivity contribution in [3.05, 3.63) is 40.3 Å². The zero-order valence-corrected chi connectivity index (χ0v) is 18.6. The minimum atomic E-state index is -3.81.